The van der Waals surface area contributed by atoms with Crippen LogP contribution in [0.1, 0.15) is 55.4 Å². The zero-order chi connectivity index (χ0) is 15.9. The molecule has 0 fully saturated rings. The van der Waals surface area contributed by atoms with Gasteiger partial charge in [-0.3, -0.25) is 0 Å². The monoisotopic (exact) mass is 317 g/mol. The second-order valence-electron chi connectivity index (χ2n) is 6.84. The lowest BCUT2D eigenvalue weighted by Crippen LogP contribution is -2.19. The first kappa shape index (κ1) is 20.4. The number of hydrogen-bond acceptors (Lipinski definition) is 1. The summed E-state index contributed by atoms with van der Waals surface area (Å²) in [4.78, 5) is 2.40. The first-order valence-corrected chi connectivity index (χ1v) is 11.3. The molecule has 0 aromatic heterocycles. The van der Waals surface area contributed by atoms with Crippen molar-refractivity contribution in [3.8, 4) is 0 Å². The Morgan fingerprint density at radius 3 is 1.60 bits per heavy atom. The van der Waals surface area contributed by atoms with Crippen molar-refractivity contribution in [2.75, 3.05) is 19.8 Å². The van der Waals surface area contributed by atoms with E-state index in [4.69, 9.17) is 0 Å². The summed E-state index contributed by atoms with van der Waals surface area (Å²) in [6.45, 7) is 20.2. The van der Waals surface area contributed by atoms with Gasteiger partial charge in [0.05, 0.1) is 0 Å². The number of rotatable bonds is 9. The highest BCUT2D eigenvalue weighted by Gasteiger charge is 2.17. The molecular formula is C17H37NP2. The van der Waals surface area contributed by atoms with E-state index in [1.165, 1.54) is 12.7 Å². The molecule has 0 radical (unpaired) electrons. The van der Waals surface area contributed by atoms with Crippen molar-refractivity contribution in [1.82, 2.24) is 4.90 Å². The van der Waals surface area contributed by atoms with Crippen LogP contribution in [0.15, 0.2) is 12.0 Å². The summed E-state index contributed by atoms with van der Waals surface area (Å²) in [5.41, 5.74) is 3.29. The lowest BCUT2D eigenvalue weighted by molar-refractivity contribution is 0.487. The normalized spacial score (nSPS) is 13.2. The first-order chi connectivity index (χ1) is 9.16. The molecule has 0 heterocycles. The fourth-order valence-electron chi connectivity index (χ4n) is 2.59. The minimum atomic E-state index is 0.0210. The van der Waals surface area contributed by atoms with Crippen LogP contribution in [-0.2, 0) is 0 Å². The molecule has 0 aliphatic heterocycles. The standard InChI is InChI=1S/C17H37NP2/c1-14(2)19(15(3)4)12-10-18(9)11-13-20(16(5)6)17(7)8/h10,12,14-17H,11,13H2,1-9H3/b12-10+. The van der Waals surface area contributed by atoms with Gasteiger partial charge in [0.1, 0.15) is 0 Å². The van der Waals surface area contributed by atoms with Gasteiger partial charge in [-0.1, -0.05) is 71.2 Å². The minimum absolute atomic E-state index is 0.0210. The van der Waals surface area contributed by atoms with E-state index in [0.717, 1.165) is 22.6 Å². The summed E-state index contributed by atoms with van der Waals surface area (Å²) < 4.78 is 0. The van der Waals surface area contributed by atoms with Gasteiger partial charge in [0, 0.05) is 13.6 Å². The van der Waals surface area contributed by atoms with Crippen LogP contribution in [0.4, 0.5) is 0 Å². The maximum Gasteiger partial charge on any atom is 0.0208 e. The fourth-order valence-corrected chi connectivity index (χ4v) is 7.63. The second kappa shape index (κ2) is 10.2. The SMILES string of the molecule is CC(C)P(/C=C/N(C)CCP(C(C)C)C(C)C)C(C)C. The molecule has 1 nitrogen and oxygen atoms in total. The molecule has 0 aromatic carbocycles. The highest BCUT2D eigenvalue weighted by Crippen LogP contribution is 2.47. The summed E-state index contributed by atoms with van der Waals surface area (Å²) in [5.74, 6) is 2.48. The Bertz CT molecular complexity index is 256. The third-order valence-electron chi connectivity index (χ3n) is 3.72. The number of hydrogen-bond donors (Lipinski definition) is 0. The molecule has 120 valence electrons. The second-order valence-corrected chi connectivity index (χ2v) is 13.6. The highest BCUT2D eigenvalue weighted by molar-refractivity contribution is 7.62. The molecular weight excluding hydrogens is 280 g/mol. The van der Waals surface area contributed by atoms with E-state index >= 15 is 0 Å². The lowest BCUT2D eigenvalue weighted by atomic mass is 10.5. The van der Waals surface area contributed by atoms with Crippen molar-refractivity contribution in [2.24, 2.45) is 0 Å². The van der Waals surface area contributed by atoms with Crippen LogP contribution in [0, 0.1) is 0 Å². The largest absolute Gasteiger partial charge is 0.380 e. The molecule has 0 aromatic rings. The summed E-state index contributed by atoms with van der Waals surface area (Å²) in [7, 11) is 2.42. The number of nitrogens with zero attached hydrogens (tertiary/aromatic N) is 1. The summed E-state index contributed by atoms with van der Waals surface area (Å²) in [6, 6.07) is 0. The Kier molecular flexibility index (Phi) is 10.4. The molecule has 20 heavy (non-hydrogen) atoms. The predicted molar refractivity (Wildman–Crippen MR) is 101 cm³/mol. The van der Waals surface area contributed by atoms with Crippen molar-refractivity contribution in [3.63, 3.8) is 0 Å². The van der Waals surface area contributed by atoms with Gasteiger partial charge in [-0.05, 0) is 40.8 Å². The quantitative estimate of drug-likeness (QED) is 0.472. The van der Waals surface area contributed by atoms with Crippen LogP contribution in [0.3, 0.4) is 0 Å². The van der Waals surface area contributed by atoms with E-state index in [1.807, 2.05) is 0 Å². The average molecular weight is 317 g/mol. The Morgan fingerprint density at radius 2 is 1.25 bits per heavy atom. The molecule has 0 saturated carbocycles. The Morgan fingerprint density at radius 1 is 0.800 bits per heavy atom. The van der Waals surface area contributed by atoms with Crippen LogP contribution >= 0.6 is 15.8 Å². The van der Waals surface area contributed by atoms with Crippen LogP contribution in [-0.4, -0.2) is 47.3 Å². The molecule has 0 atom stereocenters. The van der Waals surface area contributed by atoms with E-state index in [0.29, 0.717) is 0 Å². The van der Waals surface area contributed by atoms with Gasteiger partial charge in [-0.2, -0.15) is 0 Å². The van der Waals surface area contributed by atoms with E-state index in [9.17, 15) is 0 Å². The zero-order valence-corrected chi connectivity index (χ0v) is 17.0. The maximum absolute atomic E-state index is 2.48. The van der Waals surface area contributed by atoms with Gasteiger partial charge in [-0.15, -0.1) is 0 Å². The molecule has 0 N–H and O–H groups in total. The van der Waals surface area contributed by atoms with Crippen molar-refractivity contribution in [2.45, 2.75) is 78.0 Å². The molecule has 0 aliphatic carbocycles. The van der Waals surface area contributed by atoms with Crippen molar-refractivity contribution in [3.05, 3.63) is 12.0 Å². The molecule has 0 unspecified atom stereocenters. The molecule has 0 rings (SSSR count). The van der Waals surface area contributed by atoms with Crippen molar-refractivity contribution < 1.29 is 0 Å². The zero-order valence-electron chi connectivity index (χ0n) is 15.2. The van der Waals surface area contributed by atoms with Gasteiger partial charge < -0.3 is 4.90 Å². The van der Waals surface area contributed by atoms with Crippen molar-refractivity contribution >= 4 is 15.8 Å². The smallest absolute Gasteiger partial charge is 0.0208 e. The van der Waals surface area contributed by atoms with Gasteiger partial charge >= 0.3 is 0 Å². The van der Waals surface area contributed by atoms with Gasteiger partial charge in [0.15, 0.2) is 0 Å². The van der Waals surface area contributed by atoms with E-state index in [1.54, 1.807) is 0 Å². The lowest BCUT2D eigenvalue weighted by Gasteiger charge is -2.28. The summed E-state index contributed by atoms with van der Waals surface area (Å²) in [6.07, 6.45) is 3.71. The maximum atomic E-state index is 2.48. The van der Waals surface area contributed by atoms with E-state index in [2.05, 4.69) is 79.4 Å². The molecule has 0 aliphatic rings. The predicted octanol–water partition coefficient (Wildman–Crippen LogP) is 5.99. The molecule has 3 heteroatoms. The molecule has 0 spiro atoms. The van der Waals surface area contributed by atoms with Crippen LogP contribution in [0.25, 0.3) is 0 Å². The minimum Gasteiger partial charge on any atom is -0.380 e. The van der Waals surface area contributed by atoms with Crippen molar-refractivity contribution in [1.29, 1.82) is 0 Å². The Labute approximate surface area is 131 Å². The third kappa shape index (κ3) is 7.99. The van der Waals surface area contributed by atoms with Crippen LogP contribution in [0.5, 0.6) is 0 Å². The third-order valence-corrected chi connectivity index (χ3v) is 9.96. The Balaban J connectivity index is 4.37. The van der Waals surface area contributed by atoms with Gasteiger partial charge in [-0.25, -0.2) is 0 Å². The summed E-state index contributed by atoms with van der Waals surface area (Å²) >= 11 is 0. The van der Waals surface area contributed by atoms with Gasteiger partial charge in [0.25, 0.3) is 0 Å². The molecule has 0 amide bonds. The highest BCUT2D eigenvalue weighted by atomic mass is 31.1. The van der Waals surface area contributed by atoms with Crippen LogP contribution in [0.2, 0.25) is 0 Å². The van der Waals surface area contributed by atoms with Gasteiger partial charge in [0.2, 0.25) is 0 Å². The average Bonchev–Trinajstić information content (AvgIpc) is 2.27. The summed E-state index contributed by atoms with van der Waals surface area (Å²) in [5, 5.41) is 0. The van der Waals surface area contributed by atoms with E-state index < -0.39 is 0 Å². The first-order valence-electron chi connectivity index (χ1n) is 8.08. The topological polar surface area (TPSA) is 3.24 Å². The molecule has 0 saturated heterocycles. The van der Waals surface area contributed by atoms with E-state index in [-0.39, 0.29) is 15.8 Å². The fraction of sp³-hybridized carbons (Fsp3) is 0.882. The van der Waals surface area contributed by atoms with Crippen LogP contribution < -0.4 is 0 Å². The Hall–Kier alpha value is 0.400. The molecule has 0 bridgehead atoms.